The van der Waals surface area contributed by atoms with E-state index in [0.717, 1.165) is 0 Å². The molecule has 0 spiro atoms. The zero-order valence-electron chi connectivity index (χ0n) is 7.91. The second-order valence-electron chi connectivity index (χ2n) is 2.68. The summed E-state index contributed by atoms with van der Waals surface area (Å²) in [7, 11) is 0. The first-order chi connectivity index (χ1) is 6.84. The topological polar surface area (TPSA) is 44.5 Å². The van der Waals surface area contributed by atoms with Gasteiger partial charge in [-0.05, 0) is 12.1 Å². The molecule has 0 aliphatic heterocycles. The van der Waals surface area contributed by atoms with Crippen molar-refractivity contribution in [2.45, 2.75) is 0 Å². The van der Waals surface area contributed by atoms with Crippen molar-refractivity contribution in [3.63, 3.8) is 0 Å². The van der Waals surface area contributed by atoms with E-state index in [2.05, 4.69) is 0 Å². The molecule has 1 rings (SSSR count). The minimum Gasteiger partial charge on any atom is -0.490 e. The van der Waals surface area contributed by atoms with E-state index < -0.39 is 0 Å². The summed E-state index contributed by atoms with van der Waals surface area (Å²) in [5.41, 5.74) is 5.26. The Labute approximate surface area is 88.8 Å². The molecule has 0 bridgehead atoms. The summed E-state index contributed by atoms with van der Waals surface area (Å²) in [4.78, 5) is 0. The Morgan fingerprint density at radius 3 is 2.64 bits per heavy atom. The lowest BCUT2D eigenvalue weighted by molar-refractivity contribution is 0.106. The molecule has 2 N–H and O–H groups in total. The van der Waals surface area contributed by atoms with E-state index in [1.807, 2.05) is 18.2 Å². The van der Waals surface area contributed by atoms with Gasteiger partial charge in [0.1, 0.15) is 12.4 Å². The Balaban J connectivity index is 2.21. The van der Waals surface area contributed by atoms with E-state index in [4.69, 9.17) is 26.8 Å². The lowest BCUT2D eigenvalue weighted by Crippen LogP contribution is -2.13. The number of nitrogens with two attached hydrogens (primary N) is 1. The zero-order valence-corrected chi connectivity index (χ0v) is 8.67. The summed E-state index contributed by atoms with van der Waals surface area (Å²) in [5.74, 6) is 0.686. The molecule has 1 aromatic rings. The van der Waals surface area contributed by atoms with Crippen LogP contribution in [0.15, 0.2) is 24.3 Å². The first kappa shape index (κ1) is 11.3. The highest BCUT2D eigenvalue weighted by atomic mass is 35.5. The van der Waals surface area contributed by atoms with E-state index in [0.29, 0.717) is 37.1 Å². The highest BCUT2D eigenvalue weighted by Crippen LogP contribution is 2.22. The molecule has 0 radical (unpaired) electrons. The van der Waals surface area contributed by atoms with Gasteiger partial charge >= 0.3 is 0 Å². The van der Waals surface area contributed by atoms with Crippen LogP contribution in [0.5, 0.6) is 5.75 Å². The molecule has 14 heavy (non-hydrogen) atoms. The van der Waals surface area contributed by atoms with Crippen LogP contribution in [-0.4, -0.2) is 26.4 Å². The third-order valence-electron chi connectivity index (χ3n) is 1.58. The number of ether oxygens (including phenoxy) is 2. The van der Waals surface area contributed by atoms with Crippen molar-refractivity contribution >= 4 is 11.6 Å². The molecule has 0 aliphatic carbocycles. The minimum absolute atomic E-state index is 0.490. The van der Waals surface area contributed by atoms with E-state index in [-0.39, 0.29) is 0 Å². The molecule has 0 aliphatic rings. The summed E-state index contributed by atoms with van der Waals surface area (Å²) >= 11 is 5.88. The highest BCUT2D eigenvalue weighted by molar-refractivity contribution is 6.32. The highest BCUT2D eigenvalue weighted by Gasteiger charge is 1.98. The zero-order chi connectivity index (χ0) is 10.2. The van der Waals surface area contributed by atoms with Gasteiger partial charge in [-0.2, -0.15) is 0 Å². The molecule has 0 saturated heterocycles. The van der Waals surface area contributed by atoms with E-state index >= 15 is 0 Å². The van der Waals surface area contributed by atoms with E-state index in [1.54, 1.807) is 6.07 Å². The predicted octanol–water partition coefficient (Wildman–Crippen LogP) is 1.69. The standard InChI is InChI=1S/C10H14ClNO2/c11-9-3-1-2-4-10(9)14-8-7-13-6-5-12/h1-4H,5-8,12H2. The van der Waals surface area contributed by atoms with Gasteiger partial charge < -0.3 is 15.2 Å². The summed E-state index contributed by atoms with van der Waals surface area (Å²) in [6, 6.07) is 7.35. The van der Waals surface area contributed by atoms with Gasteiger partial charge in [-0.1, -0.05) is 23.7 Å². The summed E-state index contributed by atoms with van der Waals surface area (Å²) in [6.45, 7) is 2.12. The van der Waals surface area contributed by atoms with Crippen LogP contribution in [0.1, 0.15) is 0 Å². The third kappa shape index (κ3) is 3.96. The van der Waals surface area contributed by atoms with Gasteiger partial charge in [0, 0.05) is 6.54 Å². The normalized spacial score (nSPS) is 10.1. The van der Waals surface area contributed by atoms with Crippen molar-refractivity contribution in [3.8, 4) is 5.75 Å². The smallest absolute Gasteiger partial charge is 0.138 e. The van der Waals surface area contributed by atoms with E-state index in [9.17, 15) is 0 Å². The number of hydrogen-bond donors (Lipinski definition) is 1. The average molecular weight is 216 g/mol. The predicted molar refractivity (Wildman–Crippen MR) is 56.8 cm³/mol. The monoisotopic (exact) mass is 215 g/mol. The molecule has 0 amide bonds. The largest absolute Gasteiger partial charge is 0.490 e. The molecule has 78 valence electrons. The van der Waals surface area contributed by atoms with Gasteiger partial charge in [0.25, 0.3) is 0 Å². The van der Waals surface area contributed by atoms with Gasteiger partial charge in [0.2, 0.25) is 0 Å². The van der Waals surface area contributed by atoms with Crippen LogP contribution in [0.2, 0.25) is 5.02 Å². The molecule has 0 fully saturated rings. The molecule has 1 aromatic carbocycles. The van der Waals surface area contributed by atoms with Crippen LogP contribution in [-0.2, 0) is 4.74 Å². The first-order valence-corrected chi connectivity index (χ1v) is 4.87. The third-order valence-corrected chi connectivity index (χ3v) is 1.90. The Hall–Kier alpha value is -0.770. The second kappa shape index (κ2) is 6.65. The lowest BCUT2D eigenvalue weighted by Gasteiger charge is -2.07. The quantitative estimate of drug-likeness (QED) is 0.735. The number of rotatable bonds is 6. The second-order valence-corrected chi connectivity index (χ2v) is 3.09. The number of hydrogen-bond acceptors (Lipinski definition) is 3. The Kier molecular flexibility index (Phi) is 5.37. The van der Waals surface area contributed by atoms with Crippen LogP contribution in [0.4, 0.5) is 0 Å². The number of para-hydroxylation sites is 1. The van der Waals surface area contributed by atoms with Gasteiger partial charge in [0.15, 0.2) is 0 Å². The summed E-state index contributed by atoms with van der Waals surface area (Å²) in [6.07, 6.45) is 0. The van der Waals surface area contributed by atoms with E-state index in [1.165, 1.54) is 0 Å². The average Bonchev–Trinajstić information content (AvgIpc) is 2.20. The van der Waals surface area contributed by atoms with Crippen molar-refractivity contribution in [2.75, 3.05) is 26.4 Å². The van der Waals surface area contributed by atoms with Crippen molar-refractivity contribution in [1.82, 2.24) is 0 Å². The fourth-order valence-corrected chi connectivity index (χ4v) is 1.15. The van der Waals surface area contributed by atoms with Crippen LogP contribution in [0, 0.1) is 0 Å². The molecule has 0 atom stereocenters. The first-order valence-electron chi connectivity index (χ1n) is 4.49. The SMILES string of the molecule is NCCOCCOc1ccccc1Cl. The molecule has 0 heterocycles. The minimum atomic E-state index is 0.490. The Morgan fingerprint density at radius 1 is 1.14 bits per heavy atom. The fourth-order valence-electron chi connectivity index (χ4n) is 0.958. The Morgan fingerprint density at radius 2 is 1.93 bits per heavy atom. The number of halogens is 1. The molecular weight excluding hydrogens is 202 g/mol. The van der Waals surface area contributed by atoms with Gasteiger partial charge in [0.05, 0.1) is 18.2 Å². The van der Waals surface area contributed by atoms with Crippen molar-refractivity contribution in [1.29, 1.82) is 0 Å². The summed E-state index contributed by atoms with van der Waals surface area (Å²) in [5, 5.41) is 0.617. The molecule has 0 unspecified atom stereocenters. The molecule has 4 heteroatoms. The van der Waals surface area contributed by atoms with Crippen LogP contribution < -0.4 is 10.5 Å². The number of benzene rings is 1. The van der Waals surface area contributed by atoms with Crippen molar-refractivity contribution < 1.29 is 9.47 Å². The maximum atomic E-state index is 5.88. The van der Waals surface area contributed by atoms with Crippen LogP contribution >= 0.6 is 11.6 Å². The van der Waals surface area contributed by atoms with Crippen molar-refractivity contribution in [2.24, 2.45) is 5.73 Å². The molecule has 0 saturated carbocycles. The molecular formula is C10H14ClNO2. The molecule has 0 aromatic heterocycles. The maximum Gasteiger partial charge on any atom is 0.138 e. The summed E-state index contributed by atoms with van der Waals surface area (Å²) < 4.78 is 10.5. The van der Waals surface area contributed by atoms with Crippen LogP contribution in [0.25, 0.3) is 0 Å². The van der Waals surface area contributed by atoms with Gasteiger partial charge in [-0.3, -0.25) is 0 Å². The van der Waals surface area contributed by atoms with Gasteiger partial charge in [-0.25, -0.2) is 0 Å². The fraction of sp³-hybridized carbons (Fsp3) is 0.400. The Bertz CT molecular complexity index is 268. The maximum absolute atomic E-state index is 5.88. The van der Waals surface area contributed by atoms with Crippen molar-refractivity contribution in [3.05, 3.63) is 29.3 Å². The lowest BCUT2D eigenvalue weighted by atomic mass is 10.3. The van der Waals surface area contributed by atoms with Crippen LogP contribution in [0.3, 0.4) is 0 Å². The molecule has 3 nitrogen and oxygen atoms in total. The van der Waals surface area contributed by atoms with Gasteiger partial charge in [-0.15, -0.1) is 0 Å².